The monoisotopic (exact) mass is 310 g/mol. The van der Waals surface area contributed by atoms with Gasteiger partial charge in [-0.2, -0.15) is 0 Å². The van der Waals surface area contributed by atoms with E-state index in [1.165, 1.54) is 0 Å². The van der Waals surface area contributed by atoms with Gasteiger partial charge < -0.3 is 5.73 Å². The minimum Gasteiger partial charge on any atom is -0.368 e. The first-order valence-corrected chi connectivity index (χ1v) is 7.17. The van der Waals surface area contributed by atoms with Crippen molar-refractivity contribution in [2.45, 2.75) is 11.0 Å². The third kappa shape index (κ3) is 4.15. The van der Waals surface area contributed by atoms with E-state index < -0.39 is 22.0 Å². The van der Waals surface area contributed by atoms with Crippen molar-refractivity contribution >= 4 is 29.1 Å². The van der Waals surface area contributed by atoms with Gasteiger partial charge in [0.15, 0.2) is 0 Å². The Morgan fingerprint density at radius 1 is 1.15 bits per heavy atom. The highest BCUT2D eigenvalue weighted by atomic mass is 35.5. The Hall–Kier alpha value is -1.72. The number of pyridine rings is 1. The average molecular weight is 311 g/mol. The molecule has 0 aliphatic rings. The third-order valence-corrected chi connectivity index (χ3v) is 4.33. The molecule has 0 saturated heterocycles. The number of carbonyl (C=O) groups is 1. The van der Waals surface area contributed by atoms with Crippen LogP contribution in [0.4, 0.5) is 0 Å². The summed E-state index contributed by atoms with van der Waals surface area (Å²) < 4.78 is 12.3. The van der Waals surface area contributed by atoms with Crippen molar-refractivity contribution in [2.24, 2.45) is 5.73 Å². The number of primary amides is 1. The molecule has 0 bridgehead atoms. The van der Waals surface area contributed by atoms with Gasteiger partial charge in [0.05, 0.1) is 0 Å². The van der Waals surface area contributed by atoms with Crippen molar-refractivity contribution in [3.63, 3.8) is 0 Å². The van der Waals surface area contributed by atoms with E-state index in [0.717, 1.165) is 5.56 Å². The Kier molecular flexibility index (Phi) is 6.35. The van der Waals surface area contributed by atoms with Crippen LogP contribution in [-0.2, 0) is 21.3 Å². The molecule has 0 radical (unpaired) electrons. The fourth-order valence-corrected chi connectivity index (χ4v) is 3.21. The topological polar surface area (TPSA) is 73.1 Å². The van der Waals surface area contributed by atoms with Crippen LogP contribution in [0.2, 0.25) is 0 Å². The number of aromatic nitrogens is 1. The summed E-state index contributed by atoms with van der Waals surface area (Å²) in [5.41, 5.74) is 6.92. The zero-order chi connectivity index (χ0) is 13.7. The van der Waals surface area contributed by atoms with Crippen molar-refractivity contribution in [2.75, 3.05) is 0 Å². The van der Waals surface area contributed by atoms with E-state index in [4.69, 9.17) is 5.73 Å². The summed E-state index contributed by atoms with van der Waals surface area (Å²) >= 11 is 0. The largest absolute Gasteiger partial charge is 0.368 e. The molecule has 2 aromatic rings. The van der Waals surface area contributed by atoms with E-state index >= 15 is 0 Å². The fraction of sp³-hybridized carbons (Fsp3) is 0.143. The van der Waals surface area contributed by atoms with Crippen LogP contribution in [-0.4, -0.2) is 15.1 Å². The summed E-state index contributed by atoms with van der Waals surface area (Å²) in [4.78, 5) is 15.4. The molecular weight excluding hydrogens is 296 g/mol. The summed E-state index contributed by atoms with van der Waals surface area (Å²) in [6, 6.07) is 12.7. The molecule has 2 rings (SSSR count). The molecule has 0 aliphatic heterocycles. The molecule has 1 aromatic carbocycles. The van der Waals surface area contributed by atoms with Gasteiger partial charge in [0.2, 0.25) is 5.91 Å². The Labute approximate surface area is 126 Å². The molecule has 2 unspecified atom stereocenters. The Morgan fingerprint density at radius 3 is 2.30 bits per heavy atom. The second kappa shape index (κ2) is 7.77. The van der Waals surface area contributed by atoms with Crippen molar-refractivity contribution in [1.82, 2.24) is 4.98 Å². The van der Waals surface area contributed by atoms with E-state index in [0.29, 0.717) is 11.3 Å². The van der Waals surface area contributed by atoms with Crippen molar-refractivity contribution in [1.29, 1.82) is 0 Å². The normalized spacial score (nSPS) is 13.0. The van der Waals surface area contributed by atoms with Crippen LogP contribution >= 0.6 is 12.4 Å². The highest BCUT2D eigenvalue weighted by Crippen LogP contribution is 2.21. The fourth-order valence-electron chi connectivity index (χ4n) is 1.81. The van der Waals surface area contributed by atoms with Gasteiger partial charge >= 0.3 is 0 Å². The highest BCUT2D eigenvalue weighted by Gasteiger charge is 2.24. The van der Waals surface area contributed by atoms with Crippen molar-refractivity contribution < 1.29 is 9.00 Å². The number of nitrogens with zero attached hydrogens (tertiary/aromatic N) is 1. The van der Waals surface area contributed by atoms with Crippen molar-refractivity contribution in [3.05, 3.63) is 66.0 Å². The van der Waals surface area contributed by atoms with Crippen LogP contribution in [0.5, 0.6) is 0 Å². The number of benzene rings is 1. The highest BCUT2D eigenvalue weighted by molar-refractivity contribution is 7.85. The van der Waals surface area contributed by atoms with Gasteiger partial charge in [-0.15, -0.1) is 12.4 Å². The smallest absolute Gasteiger partial charge is 0.237 e. The number of hydrogen-bond acceptors (Lipinski definition) is 3. The molecule has 6 heteroatoms. The minimum atomic E-state index is -1.39. The van der Waals surface area contributed by atoms with Gasteiger partial charge in [0.1, 0.15) is 5.25 Å². The summed E-state index contributed by atoms with van der Waals surface area (Å²) in [6.07, 6.45) is 3.12. The van der Waals surface area contributed by atoms with E-state index in [9.17, 15) is 9.00 Å². The lowest BCUT2D eigenvalue weighted by atomic mass is 10.2. The molecule has 0 aliphatic carbocycles. The maximum atomic E-state index is 12.3. The van der Waals surface area contributed by atoms with Crippen LogP contribution in [0.3, 0.4) is 0 Å². The molecule has 0 fully saturated rings. The molecule has 2 atom stereocenters. The van der Waals surface area contributed by atoms with Gasteiger partial charge in [-0.05, 0) is 23.3 Å². The lowest BCUT2D eigenvalue weighted by Gasteiger charge is -2.13. The van der Waals surface area contributed by atoms with Crippen LogP contribution in [0.25, 0.3) is 0 Å². The van der Waals surface area contributed by atoms with Crippen LogP contribution < -0.4 is 5.73 Å². The van der Waals surface area contributed by atoms with Gasteiger partial charge in [0, 0.05) is 28.9 Å². The minimum absolute atomic E-state index is 0. The first-order valence-electron chi connectivity index (χ1n) is 5.79. The maximum absolute atomic E-state index is 12.3. The number of amides is 1. The lowest BCUT2D eigenvalue weighted by Crippen LogP contribution is -2.25. The quantitative estimate of drug-likeness (QED) is 0.917. The predicted molar refractivity (Wildman–Crippen MR) is 81.7 cm³/mol. The van der Waals surface area contributed by atoms with Crippen LogP contribution in [0, 0.1) is 0 Å². The van der Waals surface area contributed by atoms with Crippen LogP contribution in [0.15, 0.2) is 54.9 Å². The van der Waals surface area contributed by atoms with E-state index in [-0.39, 0.29) is 12.4 Å². The van der Waals surface area contributed by atoms with Gasteiger partial charge in [-0.3, -0.25) is 14.0 Å². The maximum Gasteiger partial charge on any atom is 0.237 e. The molecule has 106 valence electrons. The van der Waals surface area contributed by atoms with Crippen molar-refractivity contribution in [3.8, 4) is 0 Å². The van der Waals surface area contributed by atoms with E-state index in [1.54, 1.807) is 24.5 Å². The number of halogens is 1. The molecule has 0 saturated carbocycles. The molecule has 1 heterocycles. The number of hydrogen-bond donors (Lipinski definition) is 1. The zero-order valence-corrected chi connectivity index (χ0v) is 12.3. The summed E-state index contributed by atoms with van der Waals surface area (Å²) in [6.45, 7) is 0. The summed E-state index contributed by atoms with van der Waals surface area (Å²) in [5.74, 6) is -0.281. The Balaban J connectivity index is 0.00000200. The van der Waals surface area contributed by atoms with E-state index in [2.05, 4.69) is 4.98 Å². The van der Waals surface area contributed by atoms with Gasteiger partial charge in [0.25, 0.3) is 0 Å². The molecule has 1 aromatic heterocycles. The SMILES string of the molecule is Cl.NC(=O)C(c1ccncc1)S(=O)Cc1ccccc1. The summed E-state index contributed by atoms with van der Waals surface area (Å²) in [5, 5.41) is -0.803. The van der Waals surface area contributed by atoms with Gasteiger partial charge in [-0.25, -0.2) is 0 Å². The lowest BCUT2D eigenvalue weighted by molar-refractivity contribution is -0.117. The molecular formula is C14H15ClN2O2S. The Bertz CT molecular complexity index is 578. The average Bonchev–Trinajstić information content (AvgIpc) is 2.40. The first kappa shape index (κ1) is 16.3. The predicted octanol–water partition coefficient (Wildman–Crippen LogP) is 1.98. The zero-order valence-electron chi connectivity index (χ0n) is 10.6. The number of nitrogens with two attached hydrogens (primary N) is 1. The second-order valence-electron chi connectivity index (χ2n) is 4.07. The third-order valence-electron chi connectivity index (χ3n) is 2.68. The van der Waals surface area contributed by atoms with Gasteiger partial charge in [-0.1, -0.05) is 30.3 Å². The second-order valence-corrected chi connectivity index (χ2v) is 5.60. The molecule has 1 amide bonds. The molecule has 0 spiro atoms. The molecule has 4 nitrogen and oxygen atoms in total. The Morgan fingerprint density at radius 2 is 1.75 bits per heavy atom. The summed E-state index contributed by atoms with van der Waals surface area (Å²) in [7, 11) is -1.39. The van der Waals surface area contributed by atoms with Crippen LogP contribution in [0.1, 0.15) is 16.4 Å². The molecule has 2 N–H and O–H groups in total. The van der Waals surface area contributed by atoms with E-state index in [1.807, 2.05) is 30.3 Å². The number of carbonyl (C=O) groups excluding carboxylic acids is 1. The number of rotatable bonds is 5. The molecule has 20 heavy (non-hydrogen) atoms. The first-order chi connectivity index (χ1) is 9.18. The standard InChI is InChI=1S/C14H14N2O2S.ClH/c15-14(17)13(12-6-8-16-9-7-12)19(18)10-11-4-2-1-3-5-11;/h1-9,13H,10H2,(H2,15,17);1H.